The smallest absolute Gasteiger partial charge is 0.306 e. The summed E-state index contributed by atoms with van der Waals surface area (Å²) in [6.45, 7) is 0.895. The lowest BCUT2D eigenvalue weighted by atomic mass is 10.1. The molecular weight excluding hydrogens is 320 g/mol. The lowest BCUT2D eigenvalue weighted by molar-refractivity contribution is 0.214. The minimum absolute atomic E-state index is 0.213. The van der Waals surface area contributed by atoms with Crippen molar-refractivity contribution in [2.24, 2.45) is 5.84 Å². The lowest BCUT2D eigenvalue weighted by Crippen LogP contribution is -2.42. The Balaban J connectivity index is 1.54. The highest BCUT2D eigenvalue weighted by atomic mass is 16.2. The molecule has 5 N–H and O–H groups in total. The van der Waals surface area contributed by atoms with Crippen molar-refractivity contribution in [1.82, 2.24) is 10.0 Å². The molecule has 0 spiro atoms. The van der Waals surface area contributed by atoms with Crippen LogP contribution in [0.1, 0.15) is 11.1 Å². The highest BCUT2D eigenvalue weighted by Crippen LogP contribution is 2.26. The first-order valence-corrected chi connectivity index (χ1v) is 7.99. The number of nitrogens with one attached hydrogen (secondary N) is 3. The average Bonchev–Trinajstić information content (AvgIpc) is 2.75. The summed E-state index contributed by atoms with van der Waals surface area (Å²) in [5, 5.41) is 8.30. The van der Waals surface area contributed by atoms with Gasteiger partial charge in [0.05, 0.1) is 12.2 Å². The van der Waals surface area contributed by atoms with Crippen LogP contribution in [0.25, 0.3) is 0 Å². The van der Waals surface area contributed by atoms with Gasteiger partial charge in [0.25, 0.3) is 0 Å². The van der Waals surface area contributed by atoms with Crippen molar-refractivity contribution in [1.29, 1.82) is 0 Å². The van der Waals surface area contributed by atoms with Crippen molar-refractivity contribution in [3.05, 3.63) is 53.6 Å². The molecule has 2 aliphatic rings. The van der Waals surface area contributed by atoms with Crippen LogP contribution in [0.3, 0.4) is 0 Å². The maximum atomic E-state index is 12.3. The largest absolute Gasteiger partial charge is 0.340 e. The molecule has 8 nitrogen and oxygen atoms in total. The third-order valence-electron chi connectivity index (χ3n) is 4.33. The Kier molecular flexibility index (Phi) is 3.66. The number of hydrogen-bond donors (Lipinski definition) is 4. The van der Waals surface area contributed by atoms with Gasteiger partial charge in [-0.05, 0) is 41.8 Å². The highest BCUT2D eigenvalue weighted by molar-refractivity contribution is 5.93. The normalized spacial score (nSPS) is 16.4. The number of rotatable bonds is 2. The van der Waals surface area contributed by atoms with E-state index in [1.54, 1.807) is 0 Å². The zero-order valence-corrected chi connectivity index (χ0v) is 13.5. The second-order valence-electron chi connectivity index (χ2n) is 6.03. The topological polar surface area (TPSA) is 103 Å². The van der Waals surface area contributed by atoms with Crippen LogP contribution in [0.5, 0.6) is 0 Å². The van der Waals surface area contributed by atoms with E-state index in [-0.39, 0.29) is 12.1 Å². The number of carbonyl (C=O) groups is 2. The number of para-hydroxylation sites is 1. The van der Waals surface area contributed by atoms with Crippen molar-refractivity contribution in [3.8, 4) is 0 Å². The van der Waals surface area contributed by atoms with Crippen LogP contribution in [0.4, 0.5) is 26.7 Å². The van der Waals surface area contributed by atoms with Crippen molar-refractivity contribution >= 4 is 29.1 Å². The molecule has 0 aromatic heterocycles. The van der Waals surface area contributed by atoms with Gasteiger partial charge in [-0.2, -0.15) is 0 Å². The second kappa shape index (κ2) is 5.99. The molecule has 0 aliphatic carbocycles. The predicted molar refractivity (Wildman–Crippen MR) is 94.7 cm³/mol. The van der Waals surface area contributed by atoms with E-state index >= 15 is 0 Å². The second-order valence-corrected chi connectivity index (χ2v) is 6.03. The van der Waals surface area contributed by atoms with Crippen LogP contribution >= 0.6 is 0 Å². The Hall–Kier alpha value is -3.26. The summed E-state index contributed by atoms with van der Waals surface area (Å²) < 4.78 is 0. The Morgan fingerprint density at radius 2 is 1.72 bits per heavy atom. The third kappa shape index (κ3) is 2.94. The van der Waals surface area contributed by atoms with E-state index in [9.17, 15) is 9.59 Å². The number of amides is 4. The summed E-state index contributed by atoms with van der Waals surface area (Å²) in [7, 11) is 0. The summed E-state index contributed by atoms with van der Waals surface area (Å²) in [5.41, 5.74) is 7.46. The number of fused-ring (bicyclic) bond motifs is 2. The van der Waals surface area contributed by atoms with Gasteiger partial charge in [-0.15, -0.1) is 0 Å². The molecule has 2 heterocycles. The highest BCUT2D eigenvalue weighted by Gasteiger charge is 2.23. The van der Waals surface area contributed by atoms with Crippen molar-refractivity contribution < 1.29 is 9.59 Å². The van der Waals surface area contributed by atoms with Crippen LogP contribution in [0.2, 0.25) is 0 Å². The maximum Gasteiger partial charge on any atom is 0.340 e. The summed E-state index contributed by atoms with van der Waals surface area (Å²) in [6, 6.07) is 12.7. The van der Waals surface area contributed by atoms with Gasteiger partial charge in [0.2, 0.25) is 0 Å². The summed E-state index contributed by atoms with van der Waals surface area (Å²) in [5.74, 6) is 5.65. The molecule has 0 saturated heterocycles. The monoisotopic (exact) mass is 338 g/mol. The molecule has 2 aromatic rings. The zero-order valence-electron chi connectivity index (χ0n) is 13.5. The van der Waals surface area contributed by atoms with Crippen molar-refractivity contribution in [2.75, 3.05) is 22.6 Å². The molecule has 4 amide bonds. The van der Waals surface area contributed by atoms with Gasteiger partial charge in [0.1, 0.15) is 0 Å². The van der Waals surface area contributed by atoms with Gasteiger partial charge in [0, 0.05) is 17.9 Å². The minimum Gasteiger partial charge on any atom is -0.306 e. The van der Waals surface area contributed by atoms with Gasteiger partial charge in [0.15, 0.2) is 0 Å². The van der Waals surface area contributed by atoms with E-state index in [1.807, 2.05) is 42.5 Å². The predicted octanol–water partition coefficient (Wildman–Crippen LogP) is 2.32. The zero-order chi connectivity index (χ0) is 17.4. The van der Waals surface area contributed by atoms with E-state index < -0.39 is 0 Å². The molecule has 0 saturated carbocycles. The van der Waals surface area contributed by atoms with Crippen LogP contribution < -0.4 is 21.9 Å². The number of urea groups is 2. The van der Waals surface area contributed by atoms with E-state index in [0.717, 1.165) is 33.2 Å². The van der Waals surface area contributed by atoms with Crippen molar-refractivity contribution in [2.45, 2.75) is 13.0 Å². The standard InChI is InChI=1S/C17H18N6O2/c18-22-8-7-11-9-13(5-6-15(11)19-16(22)24)21-23-10-12-3-1-2-4-14(12)20-17(23)25/h1-6,9,21H,7-8,10,18H2,(H,19,24)(H,20,25). The minimum atomic E-state index is -0.327. The molecule has 2 aromatic carbocycles. The fourth-order valence-corrected chi connectivity index (χ4v) is 2.97. The number of anilines is 3. The fraction of sp³-hybridized carbons (Fsp3) is 0.176. The fourth-order valence-electron chi connectivity index (χ4n) is 2.97. The molecule has 0 atom stereocenters. The van der Waals surface area contributed by atoms with Gasteiger partial charge in [-0.1, -0.05) is 18.2 Å². The number of benzene rings is 2. The molecule has 128 valence electrons. The first kappa shape index (κ1) is 15.3. The number of nitrogens with zero attached hydrogens (tertiary/aromatic N) is 2. The lowest BCUT2D eigenvalue weighted by Gasteiger charge is -2.30. The molecule has 0 unspecified atom stereocenters. The number of hydrogen-bond acceptors (Lipinski definition) is 4. The molecule has 8 heteroatoms. The molecular formula is C17H18N6O2. The Morgan fingerprint density at radius 1 is 0.960 bits per heavy atom. The van der Waals surface area contributed by atoms with Crippen LogP contribution in [0, 0.1) is 0 Å². The molecule has 0 fully saturated rings. The summed E-state index contributed by atoms with van der Waals surface area (Å²) >= 11 is 0. The van der Waals surface area contributed by atoms with Gasteiger partial charge in [-0.25, -0.2) is 20.4 Å². The van der Waals surface area contributed by atoms with Crippen molar-refractivity contribution in [3.63, 3.8) is 0 Å². The van der Waals surface area contributed by atoms with E-state index in [0.29, 0.717) is 19.5 Å². The Bertz CT molecular complexity index is 853. The molecule has 0 radical (unpaired) electrons. The van der Waals surface area contributed by atoms with E-state index in [2.05, 4.69) is 16.1 Å². The van der Waals surface area contributed by atoms with E-state index in [4.69, 9.17) is 5.84 Å². The molecule has 4 rings (SSSR count). The first-order chi connectivity index (χ1) is 12.1. The number of carbonyl (C=O) groups excluding carboxylic acids is 2. The Labute approximate surface area is 144 Å². The van der Waals surface area contributed by atoms with Gasteiger partial charge < -0.3 is 10.6 Å². The summed E-state index contributed by atoms with van der Waals surface area (Å²) in [4.78, 5) is 24.0. The van der Waals surface area contributed by atoms with Crippen LogP contribution in [-0.2, 0) is 13.0 Å². The summed E-state index contributed by atoms with van der Waals surface area (Å²) in [6.07, 6.45) is 0.634. The number of nitrogens with two attached hydrogens (primary N) is 1. The van der Waals surface area contributed by atoms with Gasteiger partial charge in [-0.3, -0.25) is 10.4 Å². The molecule has 0 bridgehead atoms. The SMILES string of the molecule is NN1CCc2cc(NN3Cc4ccccc4NC3=O)ccc2NC1=O. The first-order valence-electron chi connectivity index (χ1n) is 7.99. The van der Waals surface area contributed by atoms with Crippen LogP contribution in [0.15, 0.2) is 42.5 Å². The third-order valence-corrected chi connectivity index (χ3v) is 4.33. The molecule has 25 heavy (non-hydrogen) atoms. The Morgan fingerprint density at radius 3 is 2.60 bits per heavy atom. The molecule has 2 aliphatic heterocycles. The average molecular weight is 338 g/mol. The maximum absolute atomic E-state index is 12.3. The van der Waals surface area contributed by atoms with Crippen LogP contribution in [-0.4, -0.2) is 28.6 Å². The van der Waals surface area contributed by atoms with Gasteiger partial charge >= 0.3 is 12.1 Å². The quantitative estimate of drug-likeness (QED) is 0.498. The number of hydrazine groups is 2. The van der Waals surface area contributed by atoms with E-state index in [1.165, 1.54) is 5.01 Å².